The zero-order chi connectivity index (χ0) is 16.8. The van der Waals surface area contributed by atoms with Crippen LogP contribution in [0.15, 0.2) is 26.9 Å². The number of carbonyl (C=O) groups is 1. The Labute approximate surface area is 152 Å². The quantitative estimate of drug-likeness (QED) is 0.733. The average Bonchev–Trinajstić information content (AvgIpc) is 3.06. The second kappa shape index (κ2) is 8.59. The van der Waals surface area contributed by atoms with Crippen molar-refractivity contribution in [2.24, 2.45) is 0 Å². The van der Waals surface area contributed by atoms with Crippen LogP contribution in [-0.2, 0) is 4.79 Å². The third kappa shape index (κ3) is 4.78. The smallest absolute Gasteiger partial charge is 0.234 e. The first-order valence-electron chi connectivity index (χ1n) is 7.53. The van der Waals surface area contributed by atoms with E-state index in [2.05, 4.69) is 22.4 Å². The first-order chi connectivity index (χ1) is 11.7. The van der Waals surface area contributed by atoms with Crippen molar-refractivity contribution in [1.82, 2.24) is 10.2 Å². The van der Waals surface area contributed by atoms with Gasteiger partial charge in [-0.25, -0.2) is 0 Å². The highest BCUT2D eigenvalue weighted by Crippen LogP contribution is 2.33. The van der Waals surface area contributed by atoms with Gasteiger partial charge in [-0.1, -0.05) is 41.8 Å². The van der Waals surface area contributed by atoms with Crippen LogP contribution in [0, 0.1) is 0 Å². The molecule has 0 saturated carbocycles. The number of nitrogens with zero attached hydrogens (tertiary/aromatic N) is 2. The molecule has 2 heterocycles. The van der Waals surface area contributed by atoms with Crippen LogP contribution >= 0.6 is 34.9 Å². The monoisotopic (exact) mass is 383 g/mol. The van der Waals surface area contributed by atoms with Crippen molar-refractivity contribution in [1.29, 1.82) is 0 Å². The molecular formula is C15H17N3O3S3. The van der Waals surface area contributed by atoms with Crippen LogP contribution in [0.3, 0.4) is 0 Å². The van der Waals surface area contributed by atoms with Crippen LogP contribution in [0.1, 0.15) is 13.3 Å². The fraction of sp³-hybridized carbons (Fsp3) is 0.400. The van der Waals surface area contributed by atoms with E-state index in [1.165, 1.54) is 23.1 Å². The van der Waals surface area contributed by atoms with Gasteiger partial charge in [-0.15, -0.1) is 10.2 Å². The zero-order valence-electron chi connectivity index (χ0n) is 13.1. The fourth-order valence-electron chi connectivity index (χ4n) is 1.95. The average molecular weight is 384 g/mol. The van der Waals surface area contributed by atoms with Gasteiger partial charge in [0.25, 0.3) is 0 Å². The molecule has 24 heavy (non-hydrogen) atoms. The summed E-state index contributed by atoms with van der Waals surface area (Å²) in [6.07, 6.45) is 1.10. The van der Waals surface area contributed by atoms with Crippen molar-refractivity contribution < 1.29 is 14.3 Å². The Bertz CT molecular complexity index is 708. The number of amides is 1. The standard InChI is InChI=1S/C15H17N3O3S3/c1-2-7-22-14-17-18-15(24-14)23-9-13(19)16-10-3-4-11-12(8-10)21-6-5-20-11/h3-4,8H,2,5-7,9H2,1H3,(H,16,19). The molecule has 1 aromatic carbocycles. The van der Waals surface area contributed by atoms with Gasteiger partial charge in [0.15, 0.2) is 20.2 Å². The normalized spacial score (nSPS) is 12.9. The third-order valence-corrected chi connectivity index (χ3v) is 6.37. The highest BCUT2D eigenvalue weighted by Gasteiger charge is 2.13. The molecule has 1 aliphatic rings. The third-order valence-electron chi connectivity index (χ3n) is 2.97. The molecule has 0 atom stereocenters. The number of nitrogens with one attached hydrogen (secondary N) is 1. The minimum absolute atomic E-state index is 0.0883. The van der Waals surface area contributed by atoms with Crippen molar-refractivity contribution in [3.8, 4) is 11.5 Å². The number of hydrogen-bond donors (Lipinski definition) is 1. The molecule has 0 saturated heterocycles. The van der Waals surface area contributed by atoms with Gasteiger partial charge in [0.05, 0.1) is 5.75 Å². The Balaban J connectivity index is 1.49. The number of anilines is 1. The van der Waals surface area contributed by atoms with E-state index >= 15 is 0 Å². The topological polar surface area (TPSA) is 73.3 Å². The molecule has 0 radical (unpaired) electrons. The lowest BCUT2D eigenvalue weighted by Crippen LogP contribution is -2.17. The van der Waals surface area contributed by atoms with Crippen LogP contribution in [-0.4, -0.2) is 40.8 Å². The number of hydrogen-bond acceptors (Lipinski definition) is 8. The summed E-state index contributed by atoms with van der Waals surface area (Å²) in [6.45, 7) is 3.21. The number of rotatable bonds is 7. The van der Waals surface area contributed by atoms with E-state index in [1.54, 1.807) is 30.0 Å². The minimum atomic E-state index is -0.0883. The van der Waals surface area contributed by atoms with Gasteiger partial charge in [0.2, 0.25) is 5.91 Å². The summed E-state index contributed by atoms with van der Waals surface area (Å²) in [5.74, 6) is 2.61. The van der Waals surface area contributed by atoms with Gasteiger partial charge in [-0.05, 0) is 18.6 Å². The first kappa shape index (κ1) is 17.4. The van der Waals surface area contributed by atoms with E-state index < -0.39 is 0 Å². The molecule has 0 fully saturated rings. The minimum Gasteiger partial charge on any atom is -0.486 e. The first-order valence-corrected chi connectivity index (χ1v) is 10.3. The van der Waals surface area contributed by atoms with E-state index in [9.17, 15) is 4.79 Å². The van der Waals surface area contributed by atoms with Crippen LogP contribution in [0.2, 0.25) is 0 Å². The predicted octanol–water partition coefficient (Wildman–Crippen LogP) is 3.54. The van der Waals surface area contributed by atoms with E-state index in [1.807, 2.05) is 0 Å². The number of aromatic nitrogens is 2. The SMILES string of the molecule is CCCSc1nnc(SCC(=O)Nc2ccc3c(c2)OCCO3)s1. The number of ether oxygens (including phenoxy) is 2. The summed E-state index contributed by atoms with van der Waals surface area (Å²) in [6, 6.07) is 5.39. The summed E-state index contributed by atoms with van der Waals surface area (Å²) >= 11 is 4.62. The van der Waals surface area contributed by atoms with Crippen LogP contribution in [0.5, 0.6) is 11.5 Å². The Morgan fingerprint density at radius 3 is 2.75 bits per heavy atom. The second-order valence-electron chi connectivity index (χ2n) is 4.88. The van der Waals surface area contributed by atoms with E-state index in [4.69, 9.17) is 9.47 Å². The highest BCUT2D eigenvalue weighted by atomic mass is 32.2. The van der Waals surface area contributed by atoms with E-state index in [0.717, 1.165) is 20.9 Å². The highest BCUT2D eigenvalue weighted by molar-refractivity contribution is 8.03. The van der Waals surface area contributed by atoms with E-state index in [-0.39, 0.29) is 5.91 Å². The van der Waals surface area contributed by atoms with Gasteiger partial charge in [-0.3, -0.25) is 4.79 Å². The second-order valence-corrected chi connectivity index (χ2v) is 8.42. The molecule has 0 unspecified atom stereocenters. The van der Waals surface area contributed by atoms with Crippen LogP contribution in [0.4, 0.5) is 5.69 Å². The lowest BCUT2D eigenvalue weighted by Gasteiger charge is -2.18. The Morgan fingerprint density at radius 2 is 1.96 bits per heavy atom. The van der Waals surface area contributed by atoms with Gasteiger partial charge in [0.1, 0.15) is 13.2 Å². The largest absolute Gasteiger partial charge is 0.486 e. The van der Waals surface area contributed by atoms with Gasteiger partial charge < -0.3 is 14.8 Å². The van der Waals surface area contributed by atoms with Crippen molar-refractivity contribution in [3.05, 3.63) is 18.2 Å². The molecular weight excluding hydrogens is 366 g/mol. The molecule has 1 aliphatic heterocycles. The number of carbonyl (C=O) groups excluding carboxylic acids is 1. The molecule has 0 bridgehead atoms. The van der Waals surface area contributed by atoms with Crippen LogP contribution < -0.4 is 14.8 Å². The Kier molecular flexibility index (Phi) is 6.22. The summed E-state index contributed by atoms with van der Waals surface area (Å²) in [5.41, 5.74) is 0.696. The van der Waals surface area contributed by atoms with Gasteiger partial charge in [0, 0.05) is 17.5 Å². The number of benzene rings is 1. The zero-order valence-corrected chi connectivity index (χ0v) is 15.6. The molecule has 3 rings (SSSR count). The van der Waals surface area contributed by atoms with Gasteiger partial charge >= 0.3 is 0 Å². The molecule has 9 heteroatoms. The fourth-order valence-corrected chi connectivity index (χ4v) is 4.69. The number of thioether (sulfide) groups is 2. The maximum absolute atomic E-state index is 12.1. The number of fused-ring (bicyclic) bond motifs is 1. The Hall–Kier alpha value is -1.45. The van der Waals surface area contributed by atoms with Crippen molar-refractivity contribution >= 4 is 46.5 Å². The molecule has 6 nitrogen and oxygen atoms in total. The lowest BCUT2D eigenvalue weighted by atomic mass is 10.2. The van der Waals surface area contributed by atoms with Crippen molar-refractivity contribution in [2.45, 2.75) is 22.0 Å². The summed E-state index contributed by atoms with van der Waals surface area (Å²) in [4.78, 5) is 12.1. The molecule has 0 spiro atoms. The molecule has 1 N–H and O–H groups in total. The summed E-state index contributed by atoms with van der Waals surface area (Å²) < 4.78 is 12.7. The maximum atomic E-state index is 12.1. The molecule has 1 aromatic heterocycles. The molecule has 128 valence electrons. The predicted molar refractivity (Wildman–Crippen MR) is 97.7 cm³/mol. The molecule has 0 aliphatic carbocycles. The lowest BCUT2D eigenvalue weighted by molar-refractivity contribution is -0.113. The summed E-state index contributed by atoms with van der Waals surface area (Å²) in [7, 11) is 0. The molecule has 1 amide bonds. The van der Waals surface area contributed by atoms with Crippen LogP contribution in [0.25, 0.3) is 0 Å². The van der Waals surface area contributed by atoms with Gasteiger partial charge in [-0.2, -0.15) is 0 Å². The summed E-state index contributed by atoms with van der Waals surface area (Å²) in [5, 5.41) is 11.1. The Morgan fingerprint density at radius 1 is 1.21 bits per heavy atom. The van der Waals surface area contributed by atoms with Crippen molar-refractivity contribution in [2.75, 3.05) is 30.0 Å². The maximum Gasteiger partial charge on any atom is 0.234 e. The van der Waals surface area contributed by atoms with E-state index in [0.29, 0.717) is 36.2 Å². The van der Waals surface area contributed by atoms with Crippen molar-refractivity contribution in [3.63, 3.8) is 0 Å². The molecule has 2 aromatic rings.